The Hall–Kier alpha value is -2.26. The molecule has 0 spiro atoms. The lowest BCUT2D eigenvalue weighted by atomic mass is 10.1. The first kappa shape index (κ1) is 13.7. The molecule has 1 aliphatic heterocycles. The number of hydrogen-bond donors (Lipinski definition) is 0. The van der Waals surface area contributed by atoms with Crippen LogP contribution in [0.5, 0.6) is 11.5 Å². The first-order valence-electron chi connectivity index (χ1n) is 6.47. The molecule has 0 amide bonds. The van der Waals surface area contributed by atoms with E-state index in [1.54, 1.807) is 25.3 Å². The van der Waals surface area contributed by atoms with Gasteiger partial charge in [-0.25, -0.2) is 0 Å². The van der Waals surface area contributed by atoms with Crippen LogP contribution in [0.3, 0.4) is 0 Å². The first-order valence-corrected chi connectivity index (χ1v) is 6.85. The minimum absolute atomic E-state index is 0.150. The van der Waals surface area contributed by atoms with Crippen molar-refractivity contribution in [3.05, 3.63) is 63.9 Å². The zero-order valence-corrected chi connectivity index (χ0v) is 12.4. The molecule has 0 N–H and O–H groups in total. The molecular weight excluding hydrogens is 288 g/mol. The van der Waals surface area contributed by atoms with Crippen LogP contribution in [0.4, 0.5) is 0 Å². The molecule has 0 unspecified atom stereocenters. The zero-order valence-electron chi connectivity index (χ0n) is 11.6. The fraction of sp³-hybridized carbons (Fsp3) is 0.118. The third-order valence-corrected chi connectivity index (χ3v) is 3.77. The van der Waals surface area contributed by atoms with Gasteiger partial charge in [-0.15, -0.1) is 0 Å². The summed E-state index contributed by atoms with van der Waals surface area (Å²) in [5, 5.41) is 0.566. The van der Waals surface area contributed by atoms with Crippen LogP contribution in [0.15, 0.2) is 42.2 Å². The van der Waals surface area contributed by atoms with Gasteiger partial charge >= 0.3 is 0 Å². The Morgan fingerprint density at radius 3 is 2.57 bits per heavy atom. The van der Waals surface area contributed by atoms with Gasteiger partial charge in [0.1, 0.15) is 11.5 Å². The van der Waals surface area contributed by atoms with Gasteiger partial charge in [0, 0.05) is 5.02 Å². The number of carbonyl (C=O) groups excluding carboxylic acids is 1. The number of methoxy groups -OCH3 is 1. The van der Waals surface area contributed by atoms with Gasteiger partial charge in [-0.1, -0.05) is 23.7 Å². The van der Waals surface area contributed by atoms with Crippen molar-refractivity contribution in [2.45, 2.75) is 6.92 Å². The van der Waals surface area contributed by atoms with Gasteiger partial charge in [0.25, 0.3) is 0 Å². The molecule has 3 nitrogen and oxygen atoms in total. The fourth-order valence-electron chi connectivity index (χ4n) is 2.16. The van der Waals surface area contributed by atoms with E-state index in [9.17, 15) is 4.79 Å². The van der Waals surface area contributed by atoms with Crippen molar-refractivity contribution in [3.8, 4) is 11.5 Å². The monoisotopic (exact) mass is 300 g/mol. The fourth-order valence-corrected chi connectivity index (χ4v) is 2.32. The molecule has 1 heterocycles. The quantitative estimate of drug-likeness (QED) is 0.777. The highest BCUT2D eigenvalue weighted by molar-refractivity contribution is 6.32. The number of halogens is 1. The van der Waals surface area contributed by atoms with Crippen LogP contribution in [-0.2, 0) is 0 Å². The lowest BCUT2D eigenvalue weighted by molar-refractivity contribution is 0.101. The molecule has 2 aromatic rings. The number of ether oxygens (including phenoxy) is 2. The van der Waals surface area contributed by atoms with Gasteiger partial charge in [0.15, 0.2) is 5.76 Å². The van der Waals surface area contributed by atoms with E-state index in [0.29, 0.717) is 22.1 Å². The number of carbonyl (C=O) groups is 1. The second-order valence-electron chi connectivity index (χ2n) is 4.81. The van der Waals surface area contributed by atoms with Crippen molar-refractivity contribution < 1.29 is 14.3 Å². The van der Waals surface area contributed by atoms with Crippen LogP contribution in [-0.4, -0.2) is 12.9 Å². The Morgan fingerprint density at radius 2 is 1.90 bits per heavy atom. The summed E-state index contributed by atoms with van der Waals surface area (Å²) in [5.41, 5.74) is 2.26. The lowest BCUT2D eigenvalue weighted by Gasteiger charge is -2.01. The smallest absolute Gasteiger partial charge is 0.232 e. The number of ketones is 1. The molecule has 3 rings (SSSR count). The highest BCUT2D eigenvalue weighted by Gasteiger charge is 2.28. The maximum absolute atomic E-state index is 12.3. The maximum Gasteiger partial charge on any atom is 0.232 e. The number of benzene rings is 2. The molecule has 0 atom stereocenters. The highest BCUT2D eigenvalue weighted by Crippen LogP contribution is 2.35. The first-order chi connectivity index (χ1) is 10.1. The van der Waals surface area contributed by atoms with Crippen molar-refractivity contribution in [2.24, 2.45) is 0 Å². The van der Waals surface area contributed by atoms with Gasteiger partial charge in [-0.3, -0.25) is 4.79 Å². The van der Waals surface area contributed by atoms with Crippen molar-refractivity contribution in [1.82, 2.24) is 0 Å². The largest absolute Gasteiger partial charge is 0.497 e. The summed E-state index contributed by atoms with van der Waals surface area (Å²) in [4.78, 5) is 12.3. The Labute approximate surface area is 127 Å². The molecule has 0 radical (unpaired) electrons. The summed E-state index contributed by atoms with van der Waals surface area (Å²) in [6.07, 6.45) is 1.71. The number of hydrogen-bond acceptors (Lipinski definition) is 3. The van der Waals surface area contributed by atoms with Crippen molar-refractivity contribution >= 4 is 23.5 Å². The predicted octanol–water partition coefficient (Wildman–Crippen LogP) is 4.27. The summed E-state index contributed by atoms with van der Waals surface area (Å²) < 4.78 is 10.7. The third kappa shape index (κ3) is 2.52. The van der Waals surface area contributed by atoms with Crippen LogP contribution in [0.1, 0.15) is 21.5 Å². The van der Waals surface area contributed by atoms with Gasteiger partial charge in [0.05, 0.1) is 12.7 Å². The summed E-state index contributed by atoms with van der Waals surface area (Å²) >= 11 is 6.06. The summed E-state index contributed by atoms with van der Waals surface area (Å²) in [7, 11) is 1.61. The van der Waals surface area contributed by atoms with Crippen LogP contribution in [0.25, 0.3) is 6.08 Å². The number of Topliss-reactive ketones (excluding diaryl/α,β-unsaturated/α-hetero) is 1. The third-order valence-electron chi connectivity index (χ3n) is 3.36. The second-order valence-corrected chi connectivity index (χ2v) is 5.22. The van der Waals surface area contributed by atoms with Crippen LogP contribution < -0.4 is 9.47 Å². The SMILES string of the molecule is COc1ccc(/C=C2\Oc3cc(C)c(Cl)cc3C2=O)cc1. The number of aryl methyl sites for hydroxylation is 1. The molecule has 0 saturated heterocycles. The summed E-state index contributed by atoms with van der Waals surface area (Å²) in [6.45, 7) is 1.88. The number of fused-ring (bicyclic) bond motifs is 1. The second kappa shape index (κ2) is 5.26. The van der Waals surface area contributed by atoms with Gasteiger partial charge in [-0.2, -0.15) is 0 Å². The molecule has 4 heteroatoms. The van der Waals surface area contributed by atoms with E-state index < -0.39 is 0 Å². The molecule has 0 fully saturated rings. The van der Waals surface area contributed by atoms with Gasteiger partial charge in [0.2, 0.25) is 5.78 Å². The molecule has 1 aliphatic rings. The molecule has 0 aliphatic carbocycles. The number of allylic oxidation sites excluding steroid dienone is 1. The van der Waals surface area contributed by atoms with Gasteiger partial charge in [-0.05, 0) is 48.4 Å². The Bertz CT molecular complexity index is 745. The highest BCUT2D eigenvalue weighted by atomic mass is 35.5. The Morgan fingerprint density at radius 1 is 1.19 bits per heavy atom. The maximum atomic E-state index is 12.3. The molecule has 0 saturated carbocycles. The van der Waals surface area contributed by atoms with Crippen molar-refractivity contribution in [3.63, 3.8) is 0 Å². The molecule has 0 bridgehead atoms. The Kier molecular flexibility index (Phi) is 3.43. The molecule has 2 aromatic carbocycles. The van der Waals surface area contributed by atoms with Gasteiger partial charge < -0.3 is 9.47 Å². The van der Waals surface area contributed by atoms with Crippen LogP contribution in [0, 0.1) is 6.92 Å². The van der Waals surface area contributed by atoms with Crippen molar-refractivity contribution in [2.75, 3.05) is 7.11 Å². The van der Waals surface area contributed by atoms with E-state index in [4.69, 9.17) is 21.1 Å². The van der Waals surface area contributed by atoms with Crippen LogP contribution in [0.2, 0.25) is 5.02 Å². The van der Waals surface area contributed by atoms with E-state index in [0.717, 1.165) is 16.9 Å². The van der Waals surface area contributed by atoms with Crippen LogP contribution >= 0.6 is 11.6 Å². The molecule has 0 aromatic heterocycles. The topological polar surface area (TPSA) is 35.5 Å². The average Bonchev–Trinajstić information content (AvgIpc) is 2.77. The number of rotatable bonds is 2. The summed E-state index contributed by atoms with van der Waals surface area (Å²) in [6, 6.07) is 10.8. The molecule has 106 valence electrons. The van der Waals surface area contributed by atoms with E-state index in [-0.39, 0.29) is 5.78 Å². The van der Waals surface area contributed by atoms with E-state index >= 15 is 0 Å². The van der Waals surface area contributed by atoms with E-state index in [2.05, 4.69) is 0 Å². The zero-order chi connectivity index (χ0) is 15.0. The normalized spacial score (nSPS) is 15.0. The molecular formula is C17H13ClO3. The minimum atomic E-state index is -0.150. The van der Waals surface area contributed by atoms with E-state index in [1.165, 1.54) is 0 Å². The minimum Gasteiger partial charge on any atom is -0.497 e. The van der Waals surface area contributed by atoms with E-state index in [1.807, 2.05) is 31.2 Å². The molecule has 21 heavy (non-hydrogen) atoms. The van der Waals surface area contributed by atoms with Crippen molar-refractivity contribution in [1.29, 1.82) is 0 Å². The standard InChI is InChI=1S/C17H13ClO3/c1-10-7-15-13(9-14(10)18)17(19)16(21-15)8-11-3-5-12(20-2)6-4-11/h3-9H,1-2H3/b16-8-. The summed E-state index contributed by atoms with van der Waals surface area (Å²) in [5.74, 6) is 1.47. The predicted molar refractivity (Wildman–Crippen MR) is 82.1 cm³/mol. The lowest BCUT2D eigenvalue weighted by Crippen LogP contribution is -1.98. The average molecular weight is 301 g/mol. The Balaban J connectivity index is 1.94.